The minimum Gasteiger partial charge on any atom is -0.366 e. The zero-order valence-electron chi connectivity index (χ0n) is 18.2. The zero-order chi connectivity index (χ0) is 24.1. The number of hydrogen-bond donors (Lipinski definition) is 2. The molecule has 2 N–H and O–H groups in total. The fourth-order valence-corrected chi connectivity index (χ4v) is 4.89. The predicted molar refractivity (Wildman–Crippen MR) is 126 cm³/mol. The van der Waals surface area contributed by atoms with Gasteiger partial charge in [-0.25, -0.2) is 21.8 Å². The number of anilines is 1. The standard InChI is InChI=1S/C24H21FN6O2S/c1-27-12-18-10-22(31(16-18)34(32,33)20-5-3-9-28-15-20)24-19(4-2-6-21(24)25)14-30-23-8-7-17(11-26)13-29-23/h2-10,13,15-16,27H,12,14H2,1H3,(H,29,30). The Kier molecular flexibility index (Phi) is 6.67. The molecule has 10 heteroatoms. The van der Waals surface area contributed by atoms with Gasteiger partial charge in [0.05, 0.1) is 11.3 Å². The van der Waals surface area contributed by atoms with E-state index >= 15 is 4.39 Å². The number of hydrogen-bond acceptors (Lipinski definition) is 7. The van der Waals surface area contributed by atoms with Crippen LogP contribution in [0, 0.1) is 17.1 Å². The molecule has 0 aliphatic heterocycles. The molecule has 172 valence electrons. The smallest absolute Gasteiger partial charge is 0.269 e. The van der Waals surface area contributed by atoms with E-state index in [2.05, 4.69) is 20.6 Å². The van der Waals surface area contributed by atoms with Gasteiger partial charge in [-0.1, -0.05) is 12.1 Å². The molecule has 4 rings (SSSR count). The summed E-state index contributed by atoms with van der Waals surface area (Å²) in [6.45, 7) is 0.589. The minimum atomic E-state index is -4.03. The number of pyridine rings is 2. The first-order valence-corrected chi connectivity index (χ1v) is 11.8. The molecule has 3 aromatic heterocycles. The molecule has 0 bridgehead atoms. The highest BCUT2D eigenvalue weighted by Crippen LogP contribution is 2.32. The molecule has 8 nitrogen and oxygen atoms in total. The summed E-state index contributed by atoms with van der Waals surface area (Å²) >= 11 is 0. The van der Waals surface area contributed by atoms with Crippen LogP contribution in [0.4, 0.5) is 10.2 Å². The van der Waals surface area contributed by atoms with E-state index in [0.29, 0.717) is 29.1 Å². The summed E-state index contributed by atoms with van der Waals surface area (Å²) in [7, 11) is -2.28. The summed E-state index contributed by atoms with van der Waals surface area (Å²) in [5.41, 5.74) is 2.02. The predicted octanol–water partition coefficient (Wildman–Crippen LogP) is 3.52. The van der Waals surface area contributed by atoms with Crippen molar-refractivity contribution in [2.45, 2.75) is 18.0 Å². The van der Waals surface area contributed by atoms with Crippen LogP contribution in [0.25, 0.3) is 11.3 Å². The minimum absolute atomic E-state index is 0.000606. The molecule has 4 aromatic rings. The van der Waals surface area contributed by atoms with Crippen LogP contribution in [0.15, 0.2) is 78.2 Å². The Morgan fingerprint density at radius 1 is 1.12 bits per heavy atom. The molecule has 0 unspecified atom stereocenters. The van der Waals surface area contributed by atoms with E-state index in [9.17, 15) is 8.42 Å². The van der Waals surface area contributed by atoms with Gasteiger partial charge >= 0.3 is 0 Å². The summed E-state index contributed by atoms with van der Waals surface area (Å²) < 4.78 is 43.2. The van der Waals surface area contributed by atoms with Crippen LogP contribution >= 0.6 is 0 Å². The van der Waals surface area contributed by atoms with E-state index < -0.39 is 15.8 Å². The van der Waals surface area contributed by atoms with Crippen molar-refractivity contribution in [3.8, 4) is 17.3 Å². The van der Waals surface area contributed by atoms with Gasteiger partial charge in [0.2, 0.25) is 0 Å². The Labute approximate surface area is 196 Å². The lowest BCUT2D eigenvalue weighted by Gasteiger charge is -2.15. The molecule has 0 atom stereocenters. The molecule has 0 amide bonds. The van der Waals surface area contributed by atoms with Gasteiger partial charge in [0.25, 0.3) is 10.0 Å². The van der Waals surface area contributed by atoms with Gasteiger partial charge in [-0.2, -0.15) is 5.26 Å². The summed E-state index contributed by atoms with van der Waals surface area (Å²) in [4.78, 5) is 8.09. The maximum atomic E-state index is 15.2. The van der Waals surface area contributed by atoms with Crippen molar-refractivity contribution in [2.75, 3.05) is 12.4 Å². The SMILES string of the molecule is CNCc1cc(-c2c(F)cccc2CNc2ccc(C#N)cn2)n(S(=O)(=O)c2cccnc2)c1. The van der Waals surface area contributed by atoms with Crippen molar-refractivity contribution in [3.05, 3.63) is 95.8 Å². The summed E-state index contributed by atoms with van der Waals surface area (Å²) in [6.07, 6.45) is 5.67. The second kappa shape index (κ2) is 9.82. The first-order valence-electron chi connectivity index (χ1n) is 10.3. The Hall–Kier alpha value is -4.07. The molecule has 0 saturated carbocycles. The summed E-state index contributed by atoms with van der Waals surface area (Å²) in [5, 5.41) is 15.0. The van der Waals surface area contributed by atoms with Crippen LogP contribution in [-0.2, 0) is 23.1 Å². The van der Waals surface area contributed by atoms with E-state index in [4.69, 9.17) is 5.26 Å². The molecule has 0 aliphatic rings. The maximum absolute atomic E-state index is 15.2. The highest BCUT2D eigenvalue weighted by molar-refractivity contribution is 7.90. The van der Waals surface area contributed by atoms with Gasteiger partial charge in [-0.3, -0.25) is 4.98 Å². The lowest BCUT2D eigenvalue weighted by molar-refractivity contribution is 0.587. The van der Waals surface area contributed by atoms with Crippen molar-refractivity contribution in [1.29, 1.82) is 5.26 Å². The van der Waals surface area contributed by atoms with Gasteiger partial charge in [0, 0.05) is 43.4 Å². The van der Waals surface area contributed by atoms with Gasteiger partial charge in [0.1, 0.15) is 22.6 Å². The fourth-order valence-electron chi connectivity index (χ4n) is 3.55. The topological polar surface area (TPSA) is 113 Å². The zero-order valence-corrected chi connectivity index (χ0v) is 19.1. The second-order valence-electron chi connectivity index (χ2n) is 7.42. The number of nitrogens with zero attached hydrogens (tertiary/aromatic N) is 4. The van der Waals surface area contributed by atoms with E-state index in [1.807, 2.05) is 6.07 Å². The lowest BCUT2D eigenvalue weighted by Crippen LogP contribution is -2.15. The highest BCUT2D eigenvalue weighted by atomic mass is 32.2. The Bertz CT molecular complexity index is 1450. The van der Waals surface area contributed by atoms with Gasteiger partial charge < -0.3 is 10.6 Å². The van der Waals surface area contributed by atoms with E-state index in [1.165, 1.54) is 43.0 Å². The first kappa shape index (κ1) is 23.1. The maximum Gasteiger partial charge on any atom is 0.269 e. The van der Waals surface area contributed by atoms with Crippen LogP contribution in [0.2, 0.25) is 0 Å². The molecule has 0 spiro atoms. The van der Waals surface area contributed by atoms with Crippen LogP contribution < -0.4 is 10.6 Å². The average Bonchev–Trinajstić information content (AvgIpc) is 3.28. The normalized spacial score (nSPS) is 11.2. The summed E-state index contributed by atoms with van der Waals surface area (Å²) in [5.74, 6) is -0.0488. The fraction of sp³-hybridized carbons (Fsp3) is 0.125. The van der Waals surface area contributed by atoms with Crippen molar-refractivity contribution < 1.29 is 12.8 Å². The molecular weight excluding hydrogens is 455 g/mol. The van der Waals surface area contributed by atoms with Gasteiger partial charge in [-0.15, -0.1) is 0 Å². The molecule has 1 aromatic carbocycles. The van der Waals surface area contributed by atoms with Crippen LogP contribution in [-0.4, -0.2) is 29.4 Å². The number of nitrogens with one attached hydrogen (secondary N) is 2. The number of aromatic nitrogens is 3. The number of rotatable bonds is 8. The van der Waals surface area contributed by atoms with Crippen molar-refractivity contribution in [2.24, 2.45) is 0 Å². The van der Waals surface area contributed by atoms with Gasteiger partial charge in [-0.05, 0) is 54.6 Å². The number of nitriles is 1. The largest absolute Gasteiger partial charge is 0.366 e. The molecule has 0 fully saturated rings. The second-order valence-corrected chi connectivity index (χ2v) is 9.24. The van der Waals surface area contributed by atoms with Gasteiger partial charge in [0.15, 0.2) is 0 Å². The van der Waals surface area contributed by atoms with Crippen LogP contribution in [0.5, 0.6) is 0 Å². The summed E-state index contributed by atoms with van der Waals surface area (Å²) in [6, 6.07) is 14.5. The molecule has 34 heavy (non-hydrogen) atoms. The Morgan fingerprint density at radius 3 is 2.65 bits per heavy atom. The molecule has 0 aliphatic carbocycles. The van der Waals surface area contributed by atoms with E-state index in [0.717, 1.165) is 3.97 Å². The molecule has 0 saturated heterocycles. The van der Waals surface area contributed by atoms with E-state index in [-0.39, 0.29) is 22.7 Å². The van der Waals surface area contributed by atoms with Crippen molar-refractivity contribution >= 4 is 15.8 Å². The quantitative estimate of drug-likeness (QED) is 0.400. The molecular formula is C24H21FN6O2S. The Balaban J connectivity index is 1.79. The molecule has 3 heterocycles. The first-order chi connectivity index (χ1) is 16.4. The third kappa shape index (κ3) is 4.66. The van der Waals surface area contributed by atoms with Crippen LogP contribution in [0.1, 0.15) is 16.7 Å². The highest BCUT2D eigenvalue weighted by Gasteiger charge is 2.25. The average molecular weight is 477 g/mol. The van der Waals surface area contributed by atoms with Crippen LogP contribution in [0.3, 0.4) is 0 Å². The third-order valence-electron chi connectivity index (χ3n) is 5.12. The lowest BCUT2D eigenvalue weighted by atomic mass is 10.0. The molecule has 0 radical (unpaired) electrons. The Morgan fingerprint density at radius 2 is 1.97 bits per heavy atom. The van der Waals surface area contributed by atoms with Crippen molar-refractivity contribution in [3.63, 3.8) is 0 Å². The third-order valence-corrected chi connectivity index (χ3v) is 6.78. The van der Waals surface area contributed by atoms with E-state index in [1.54, 1.807) is 37.4 Å². The number of halogens is 1. The monoisotopic (exact) mass is 476 g/mol. The number of benzene rings is 1. The van der Waals surface area contributed by atoms with Crippen molar-refractivity contribution in [1.82, 2.24) is 19.3 Å².